The van der Waals surface area contributed by atoms with Crippen molar-refractivity contribution in [1.29, 1.82) is 0 Å². The molecule has 0 N–H and O–H groups in total. The van der Waals surface area contributed by atoms with E-state index in [1.807, 2.05) is 24.6 Å². The van der Waals surface area contributed by atoms with Crippen LogP contribution in [0.5, 0.6) is 0 Å². The number of aryl methyl sites for hydroxylation is 3. The van der Waals surface area contributed by atoms with Crippen molar-refractivity contribution < 1.29 is 4.39 Å². The standard InChI is InChI=1S/C19H19FN6/c1-4-15-17(22-11-26-19(15)23-13(3)24-26)10-25-8-7-21-18(25)16-9-14(20)6-5-12(16)2/h5-9,11H,4,10H2,1-3H3. The number of rotatable bonds is 4. The van der Waals surface area contributed by atoms with E-state index in [0.29, 0.717) is 6.54 Å². The predicted molar refractivity (Wildman–Crippen MR) is 96.4 cm³/mol. The lowest BCUT2D eigenvalue weighted by Crippen LogP contribution is -2.09. The van der Waals surface area contributed by atoms with Crippen molar-refractivity contribution in [2.45, 2.75) is 33.7 Å². The molecular weight excluding hydrogens is 331 g/mol. The first-order valence-electron chi connectivity index (χ1n) is 8.54. The molecule has 0 fully saturated rings. The Morgan fingerprint density at radius 2 is 2.00 bits per heavy atom. The highest BCUT2D eigenvalue weighted by Crippen LogP contribution is 2.24. The number of halogens is 1. The molecular formula is C19H19FN6. The topological polar surface area (TPSA) is 60.9 Å². The molecule has 7 heteroatoms. The number of hydrogen-bond donors (Lipinski definition) is 0. The molecule has 6 nitrogen and oxygen atoms in total. The van der Waals surface area contributed by atoms with Crippen molar-refractivity contribution in [3.63, 3.8) is 0 Å². The Kier molecular flexibility index (Phi) is 3.99. The minimum Gasteiger partial charge on any atom is -0.325 e. The van der Waals surface area contributed by atoms with Gasteiger partial charge in [0.2, 0.25) is 0 Å². The van der Waals surface area contributed by atoms with E-state index in [2.05, 4.69) is 27.0 Å². The Labute approximate surface area is 150 Å². The van der Waals surface area contributed by atoms with Gasteiger partial charge in [0.15, 0.2) is 5.65 Å². The highest BCUT2D eigenvalue weighted by molar-refractivity contribution is 5.60. The molecule has 3 aromatic heterocycles. The number of fused-ring (bicyclic) bond motifs is 1. The van der Waals surface area contributed by atoms with Gasteiger partial charge in [-0.25, -0.2) is 23.9 Å². The van der Waals surface area contributed by atoms with E-state index in [1.54, 1.807) is 23.1 Å². The van der Waals surface area contributed by atoms with Crippen LogP contribution in [-0.4, -0.2) is 29.1 Å². The maximum absolute atomic E-state index is 13.7. The lowest BCUT2D eigenvalue weighted by atomic mass is 10.1. The maximum Gasteiger partial charge on any atom is 0.162 e. The second kappa shape index (κ2) is 6.33. The van der Waals surface area contributed by atoms with Gasteiger partial charge in [0.25, 0.3) is 0 Å². The van der Waals surface area contributed by atoms with Crippen molar-refractivity contribution in [3.8, 4) is 11.4 Å². The van der Waals surface area contributed by atoms with Gasteiger partial charge < -0.3 is 4.57 Å². The first-order chi connectivity index (χ1) is 12.6. The van der Waals surface area contributed by atoms with Crippen LogP contribution in [0.25, 0.3) is 17.0 Å². The van der Waals surface area contributed by atoms with Gasteiger partial charge in [-0.2, -0.15) is 5.10 Å². The third-order valence-electron chi connectivity index (χ3n) is 4.51. The Morgan fingerprint density at radius 3 is 2.81 bits per heavy atom. The molecule has 132 valence electrons. The summed E-state index contributed by atoms with van der Waals surface area (Å²) in [6, 6.07) is 4.75. The van der Waals surface area contributed by atoms with Gasteiger partial charge >= 0.3 is 0 Å². The fourth-order valence-corrected chi connectivity index (χ4v) is 3.22. The van der Waals surface area contributed by atoms with E-state index in [-0.39, 0.29) is 5.82 Å². The van der Waals surface area contributed by atoms with Gasteiger partial charge in [-0.15, -0.1) is 0 Å². The molecule has 4 rings (SSSR count). The monoisotopic (exact) mass is 350 g/mol. The Hall–Kier alpha value is -3.09. The van der Waals surface area contributed by atoms with Crippen molar-refractivity contribution in [2.24, 2.45) is 0 Å². The smallest absolute Gasteiger partial charge is 0.162 e. The largest absolute Gasteiger partial charge is 0.325 e. The third kappa shape index (κ3) is 2.75. The van der Waals surface area contributed by atoms with E-state index < -0.39 is 0 Å². The van der Waals surface area contributed by atoms with Crippen molar-refractivity contribution >= 4 is 5.65 Å². The summed E-state index contributed by atoms with van der Waals surface area (Å²) < 4.78 is 17.4. The van der Waals surface area contributed by atoms with Gasteiger partial charge in [-0.3, -0.25) is 0 Å². The molecule has 0 amide bonds. The highest BCUT2D eigenvalue weighted by Gasteiger charge is 2.15. The molecule has 0 unspecified atom stereocenters. The van der Waals surface area contributed by atoms with E-state index >= 15 is 0 Å². The molecule has 1 aromatic carbocycles. The average Bonchev–Trinajstić information content (AvgIpc) is 3.22. The molecule has 0 saturated heterocycles. The first kappa shape index (κ1) is 16.4. The zero-order valence-corrected chi connectivity index (χ0v) is 14.9. The molecule has 0 atom stereocenters. The van der Waals surface area contributed by atoms with Crippen molar-refractivity contribution in [3.05, 3.63) is 65.4 Å². The predicted octanol–water partition coefficient (Wildman–Crippen LogP) is 3.35. The summed E-state index contributed by atoms with van der Waals surface area (Å²) in [4.78, 5) is 13.5. The van der Waals surface area contributed by atoms with E-state index in [9.17, 15) is 4.39 Å². The number of nitrogens with zero attached hydrogens (tertiary/aromatic N) is 6. The van der Waals surface area contributed by atoms with Crippen LogP contribution >= 0.6 is 0 Å². The quantitative estimate of drug-likeness (QED) is 0.566. The highest BCUT2D eigenvalue weighted by atomic mass is 19.1. The van der Waals surface area contributed by atoms with E-state index in [0.717, 1.165) is 46.1 Å². The SMILES string of the molecule is CCc1c(Cn2ccnc2-c2cc(F)ccc2C)ncn2nc(C)nc12. The fraction of sp³-hybridized carbons (Fsp3) is 0.263. The van der Waals surface area contributed by atoms with Crippen LogP contribution in [0.2, 0.25) is 0 Å². The molecule has 0 bridgehead atoms. The minimum absolute atomic E-state index is 0.270. The summed E-state index contributed by atoms with van der Waals surface area (Å²) in [5.41, 5.74) is 4.57. The summed E-state index contributed by atoms with van der Waals surface area (Å²) in [6.45, 7) is 6.44. The Bertz CT molecular complexity index is 1090. The minimum atomic E-state index is -0.270. The van der Waals surface area contributed by atoms with Crippen LogP contribution < -0.4 is 0 Å². The van der Waals surface area contributed by atoms with Gasteiger partial charge in [0.1, 0.15) is 23.8 Å². The zero-order valence-electron chi connectivity index (χ0n) is 14.9. The van der Waals surface area contributed by atoms with Gasteiger partial charge in [0.05, 0.1) is 12.2 Å². The second-order valence-electron chi connectivity index (χ2n) is 6.29. The van der Waals surface area contributed by atoms with Crippen LogP contribution in [-0.2, 0) is 13.0 Å². The molecule has 0 saturated carbocycles. The lowest BCUT2D eigenvalue weighted by molar-refractivity contribution is 0.627. The average molecular weight is 350 g/mol. The van der Waals surface area contributed by atoms with Crippen LogP contribution in [0.4, 0.5) is 4.39 Å². The molecule has 0 aliphatic rings. The third-order valence-corrected chi connectivity index (χ3v) is 4.51. The summed E-state index contributed by atoms with van der Waals surface area (Å²) in [5.74, 6) is 1.17. The molecule has 0 aliphatic carbocycles. The van der Waals surface area contributed by atoms with E-state index in [1.165, 1.54) is 12.1 Å². The molecule has 0 radical (unpaired) electrons. The van der Waals surface area contributed by atoms with Gasteiger partial charge in [-0.05, 0) is 38.0 Å². The normalized spacial score (nSPS) is 11.4. The Morgan fingerprint density at radius 1 is 1.15 bits per heavy atom. The van der Waals surface area contributed by atoms with Crippen LogP contribution in [0.15, 0.2) is 36.9 Å². The lowest BCUT2D eigenvalue weighted by Gasteiger charge is -2.12. The zero-order chi connectivity index (χ0) is 18.3. The van der Waals surface area contributed by atoms with E-state index in [4.69, 9.17) is 0 Å². The molecule has 3 heterocycles. The van der Waals surface area contributed by atoms with Gasteiger partial charge in [-0.1, -0.05) is 13.0 Å². The molecule has 26 heavy (non-hydrogen) atoms. The fourth-order valence-electron chi connectivity index (χ4n) is 3.22. The van der Waals surface area contributed by atoms with Crippen LogP contribution in [0.1, 0.15) is 29.6 Å². The summed E-state index contributed by atoms with van der Waals surface area (Å²) in [7, 11) is 0. The summed E-state index contributed by atoms with van der Waals surface area (Å²) >= 11 is 0. The maximum atomic E-state index is 13.7. The van der Waals surface area contributed by atoms with Crippen LogP contribution in [0.3, 0.4) is 0 Å². The van der Waals surface area contributed by atoms with Crippen molar-refractivity contribution in [1.82, 2.24) is 29.1 Å². The Balaban J connectivity index is 1.79. The molecule has 0 spiro atoms. The van der Waals surface area contributed by atoms with Crippen LogP contribution in [0, 0.1) is 19.7 Å². The number of benzene rings is 1. The summed E-state index contributed by atoms with van der Waals surface area (Å²) in [5, 5.41) is 4.33. The molecule has 0 aliphatic heterocycles. The first-order valence-corrected chi connectivity index (χ1v) is 8.54. The van der Waals surface area contributed by atoms with Gasteiger partial charge in [0, 0.05) is 23.5 Å². The van der Waals surface area contributed by atoms with Crippen molar-refractivity contribution in [2.75, 3.05) is 0 Å². The molecule has 4 aromatic rings. The number of imidazole rings is 1. The second-order valence-corrected chi connectivity index (χ2v) is 6.29. The number of aromatic nitrogens is 6. The number of hydrogen-bond acceptors (Lipinski definition) is 4. The summed E-state index contributed by atoms with van der Waals surface area (Å²) in [6.07, 6.45) is 6.10.